The summed E-state index contributed by atoms with van der Waals surface area (Å²) < 4.78 is 12.5. The number of aliphatic hydroxyl groups is 1. The van der Waals surface area contributed by atoms with Crippen molar-refractivity contribution in [2.24, 2.45) is 17.3 Å². The molecule has 2 aromatic rings. The molecule has 10 nitrogen and oxygen atoms in total. The van der Waals surface area contributed by atoms with Crippen molar-refractivity contribution in [1.82, 2.24) is 14.3 Å². The Kier molecular flexibility index (Phi) is 7.91. The standard InChI is InChI=1S/C25H33N3O7S2/c1-6-14(7-2)11-35-24(33)34-9-8-25(4)17(15-10-27-12-26-20(36-5)22(27)37-15)18(23(31)32)28-19(25)16(13(3)29)21(28)30/h10,12-14,16,19,29H,6-9,11H2,1-5H3,(H,31,32)/t13-,16-,19-,25+/m1/s1. The highest BCUT2D eigenvalue weighted by atomic mass is 32.2. The van der Waals surface area contributed by atoms with E-state index in [0.717, 1.165) is 22.7 Å². The molecule has 1 saturated heterocycles. The third-order valence-electron chi connectivity index (χ3n) is 7.62. The predicted molar refractivity (Wildman–Crippen MR) is 139 cm³/mol. The molecule has 0 unspecified atom stereocenters. The fourth-order valence-electron chi connectivity index (χ4n) is 5.46. The Morgan fingerprint density at radius 3 is 2.59 bits per heavy atom. The third-order valence-corrected chi connectivity index (χ3v) is 9.56. The minimum atomic E-state index is -1.21. The molecule has 0 bridgehead atoms. The van der Waals surface area contributed by atoms with E-state index in [1.54, 1.807) is 6.33 Å². The van der Waals surface area contributed by atoms with Crippen LogP contribution in [-0.2, 0) is 19.1 Å². The molecule has 2 N–H and O–H groups in total. The van der Waals surface area contributed by atoms with E-state index in [9.17, 15) is 24.6 Å². The SMILES string of the molecule is CCC(CC)COC(=O)OCC[C@@]1(C)C(c2cn3cnc(SC)c3s2)=C(C(=O)O)N2C(=O)[C@H]([C@@H](C)O)[C@@H]21. The number of imidazole rings is 1. The number of hydrogen-bond donors (Lipinski definition) is 2. The first kappa shape index (κ1) is 27.5. The van der Waals surface area contributed by atoms with Gasteiger partial charge in [-0.25, -0.2) is 14.6 Å². The number of amides is 1. The number of thiazole rings is 1. The van der Waals surface area contributed by atoms with Crippen LogP contribution in [0.1, 0.15) is 51.8 Å². The second-order valence-electron chi connectivity index (χ2n) is 9.77. The van der Waals surface area contributed by atoms with Gasteiger partial charge in [-0.15, -0.1) is 23.1 Å². The van der Waals surface area contributed by atoms with Gasteiger partial charge < -0.3 is 24.6 Å². The van der Waals surface area contributed by atoms with Gasteiger partial charge in [0.05, 0.1) is 36.2 Å². The van der Waals surface area contributed by atoms with Crippen molar-refractivity contribution in [2.45, 2.75) is 64.1 Å². The lowest BCUT2D eigenvalue weighted by Crippen LogP contribution is -2.66. The zero-order chi connectivity index (χ0) is 27.1. The first-order valence-electron chi connectivity index (χ1n) is 12.4. The Bertz CT molecular complexity index is 1230. The summed E-state index contributed by atoms with van der Waals surface area (Å²) in [5.41, 5.74) is -0.487. The number of aliphatic carboxylic acids is 1. The molecule has 0 radical (unpaired) electrons. The average Bonchev–Trinajstić information content (AvgIpc) is 3.48. The summed E-state index contributed by atoms with van der Waals surface area (Å²) in [7, 11) is 0. The minimum absolute atomic E-state index is 0.0262. The maximum absolute atomic E-state index is 13.0. The molecule has 2 aliphatic heterocycles. The van der Waals surface area contributed by atoms with E-state index in [2.05, 4.69) is 4.98 Å². The van der Waals surface area contributed by atoms with Gasteiger partial charge in [0.2, 0.25) is 5.91 Å². The zero-order valence-corrected chi connectivity index (χ0v) is 23.2. The number of aliphatic hydroxyl groups excluding tert-OH is 1. The lowest BCUT2D eigenvalue weighted by atomic mass is 9.66. The summed E-state index contributed by atoms with van der Waals surface area (Å²) >= 11 is 2.89. The van der Waals surface area contributed by atoms with Gasteiger partial charge in [0, 0.05) is 17.2 Å². The maximum Gasteiger partial charge on any atom is 0.508 e. The molecule has 2 aromatic heterocycles. The molecule has 0 aliphatic carbocycles. The average molecular weight is 552 g/mol. The van der Waals surface area contributed by atoms with Crippen LogP contribution in [0.2, 0.25) is 0 Å². The Balaban J connectivity index is 1.67. The topological polar surface area (TPSA) is 131 Å². The maximum atomic E-state index is 13.0. The molecule has 1 fully saturated rings. The molecule has 37 heavy (non-hydrogen) atoms. The summed E-state index contributed by atoms with van der Waals surface area (Å²) in [4.78, 5) is 45.0. The van der Waals surface area contributed by atoms with Crippen molar-refractivity contribution >= 4 is 51.5 Å². The van der Waals surface area contributed by atoms with Crippen LogP contribution in [0.4, 0.5) is 4.79 Å². The lowest BCUT2D eigenvalue weighted by molar-refractivity contribution is -0.167. The largest absolute Gasteiger partial charge is 0.508 e. The molecule has 202 valence electrons. The number of ether oxygens (including phenoxy) is 2. The third kappa shape index (κ3) is 4.63. The molecule has 0 spiro atoms. The molecule has 4 heterocycles. The molecule has 4 atom stereocenters. The van der Waals surface area contributed by atoms with E-state index in [1.165, 1.54) is 34.9 Å². The van der Waals surface area contributed by atoms with Crippen molar-refractivity contribution in [3.63, 3.8) is 0 Å². The molecular formula is C25H33N3O7S2. The van der Waals surface area contributed by atoms with Crippen LogP contribution in [0, 0.1) is 17.3 Å². The monoisotopic (exact) mass is 551 g/mol. The van der Waals surface area contributed by atoms with Gasteiger partial charge in [0.1, 0.15) is 21.9 Å². The van der Waals surface area contributed by atoms with Crippen LogP contribution in [0.15, 0.2) is 23.2 Å². The Labute approximate surface area is 223 Å². The molecule has 0 aromatic carbocycles. The van der Waals surface area contributed by atoms with Crippen molar-refractivity contribution in [3.05, 3.63) is 23.1 Å². The van der Waals surface area contributed by atoms with Crippen molar-refractivity contribution in [2.75, 3.05) is 19.5 Å². The van der Waals surface area contributed by atoms with E-state index >= 15 is 0 Å². The van der Waals surface area contributed by atoms with Gasteiger partial charge in [-0.2, -0.15) is 0 Å². The number of thioether (sulfide) groups is 1. The number of rotatable bonds is 11. The summed E-state index contributed by atoms with van der Waals surface area (Å²) in [5.74, 6) is -2.13. The number of carboxylic acid groups (broad SMARTS) is 1. The second kappa shape index (κ2) is 10.7. The lowest BCUT2D eigenvalue weighted by Gasteiger charge is -2.50. The van der Waals surface area contributed by atoms with E-state index in [0.29, 0.717) is 10.5 Å². The van der Waals surface area contributed by atoms with E-state index in [1.807, 2.05) is 37.6 Å². The molecule has 12 heteroatoms. The fraction of sp³-hybridized carbons (Fsp3) is 0.600. The van der Waals surface area contributed by atoms with Crippen LogP contribution in [0.3, 0.4) is 0 Å². The van der Waals surface area contributed by atoms with Crippen LogP contribution < -0.4 is 0 Å². The number of aromatic nitrogens is 2. The second-order valence-corrected chi connectivity index (χ2v) is 11.6. The van der Waals surface area contributed by atoms with E-state index in [-0.39, 0.29) is 31.2 Å². The van der Waals surface area contributed by atoms with Gasteiger partial charge in [0.15, 0.2) is 0 Å². The summed E-state index contributed by atoms with van der Waals surface area (Å²) in [6.07, 6.45) is 5.71. The first-order valence-corrected chi connectivity index (χ1v) is 14.4. The van der Waals surface area contributed by atoms with Gasteiger partial charge in [-0.3, -0.25) is 9.20 Å². The Morgan fingerprint density at radius 1 is 1.30 bits per heavy atom. The smallest absolute Gasteiger partial charge is 0.477 e. The molecule has 0 saturated carbocycles. The predicted octanol–water partition coefficient (Wildman–Crippen LogP) is 4.12. The van der Waals surface area contributed by atoms with E-state index in [4.69, 9.17) is 9.47 Å². The molecule has 1 amide bonds. The number of hydrogen-bond acceptors (Lipinski definition) is 9. The molecule has 2 aliphatic rings. The van der Waals surface area contributed by atoms with Gasteiger partial charge >= 0.3 is 12.1 Å². The van der Waals surface area contributed by atoms with E-state index < -0.39 is 41.5 Å². The van der Waals surface area contributed by atoms with Gasteiger partial charge in [0.25, 0.3) is 0 Å². The molecular weight excluding hydrogens is 518 g/mol. The highest BCUT2D eigenvalue weighted by Gasteiger charge is 2.66. The van der Waals surface area contributed by atoms with Crippen LogP contribution >= 0.6 is 23.1 Å². The number of carbonyl (C=O) groups is 3. The summed E-state index contributed by atoms with van der Waals surface area (Å²) in [6.45, 7) is 7.73. The molecule has 4 rings (SSSR count). The summed E-state index contributed by atoms with van der Waals surface area (Å²) in [5, 5.41) is 21.4. The Morgan fingerprint density at radius 2 is 2.00 bits per heavy atom. The quantitative estimate of drug-likeness (QED) is 0.240. The van der Waals surface area contributed by atoms with Crippen molar-refractivity contribution in [1.29, 1.82) is 0 Å². The van der Waals surface area contributed by atoms with Crippen molar-refractivity contribution in [3.8, 4) is 0 Å². The number of carbonyl (C=O) groups excluding carboxylic acids is 2. The first-order chi connectivity index (χ1) is 17.6. The highest BCUT2D eigenvalue weighted by Crippen LogP contribution is 2.60. The van der Waals surface area contributed by atoms with Gasteiger partial charge in [-0.1, -0.05) is 33.6 Å². The van der Waals surface area contributed by atoms with Crippen LogP contribution in [-0.4, -0.2) is 74.1 Å². The van der Waals surface area contributed by atoms with Crippen LogP contribution in [0.25, 0.3) is 10.4 Å². The number of carboxylic acids is 1. The minimum Gasteiger partial charge on any atom is -0.477 e. The highest BCUT2D eigenvalue weighted by molar-refractivity contribution is 7.98. The van der Waals surface area contributed by atoms with Crippen molar-refractivity contribution < 1.29 is 34.1 Å². The summed E-state index contributed by atoms with van der Waals surface area (Å²) in [6, 6.07) is -0.579. The number of fused-ring (bicyclic) bond motifs is 2. The Hall–Kier alpha value is -2.57. The zero-order valence-electron chi connectivity index (χ0n) is 21.6. The number of nitrogens with zero attached hydrogens (tertiary/aromatic N) is 3. The number of β-lactam (4-membered cyclic amide) rings is 1. The normalized spacial score (nSPS) is 24.0. The van der Waals surface area contributed by atoms with Gasteiger partial charge in [-0.05, 0) is 25.5 Å². The van der Waals surface area contributed by atoms with Crippen LogP contribution in [0.5, 0.6) is 0 Å². The fourth-order valence-corrected chi connectivity index (χ4v) is 7.42.